The van der Waals surface area contributed by atoms with Crippen molar-refractivity contribution in [3.63, 3.8) is 0 Å². The summed E-state index contributed by atoms with van der Waals surface area (Å²) in [5.74, 6) is -1.02. The van der Waals surface area contributed by atoms with Gasteiger partial charge in [-0.3, -0.25) is 14.4 Å². The number of fused-ring (bicyclic) bond motifs is 1. The van der Waals surface area contributed by atoms with Crippen molar-refractivity contribution in [2.75, 3.05) is 6.54 Å². The number of aromatic nitrogens is 2. The third-order valence-corrected chi connectivity index (χ3v) is 6.97. The first kappa shape index (κ1) is 26.1. The van der Waals surface area contributed by atoms with E-state index in [4.69, 9.17) is 0 Å². The molecule has 0 aliphatic carbocycles. The van der Waals surface area contributed by atoms with E-state index in [1.165, 1.54) is 11.9 Å². The van der Waals surface area contributed by atoms with Gasteiger partial charge in [0.05, 0.1) is 12.9 Å². The van der Waals surface area contributed by atoms with Gasteiger partial charge in [-0.15, -0.1) is 0 Å². The van der Waals surface area contributed by atoms with Crippen molar-refractivity contribution in [1.29, 1.82) is 0 Å². The van der Waals surface area contributed by atoms with E-state index in [9.17, 15) is 14.4 Å². The van der Waals surface area contributed by atoms with Crippen LogP contribution in [0, 0.1) is 6.92 Å². The standard InChI is InChI=1S/C29H35N5O3/c1-5-15-34-27(36)25-24(26(35)30-16-23-13-11-21(6-2)12-14-23)32-19-33(25)18-29(34,4)28(37)31-17-22-9-7-20(3)8-10-22/h7-14,19H,5-6,15-18H2,1-4H3,(H,30,35)(H,31,37)/t29-/m1/s1. The summed E-state index contributed by atoms with van der Waals surface area (Å²) in [5.41, 5.74) is 3.52. The zero-order valence-corrected chi connectivity index (χ0v) is 22.0. The van der Waals surface area contributed by atoms with Crippen LogP contribution in [0.25, 0.3) is 0 Å². The Morgan fingerprint density at radius 1 is 0.946 bits per heavy atom. The van der Waals surface area contributed by atoms with Crippen LogP contribution < -0.4 is 10.6 Å². The van der Waals surface area contributed by atoms with E-state index in [1.54, 1.807) is 16.4 Å². The predicted molar refractivity (Wildman–Crippen MR) is 142 cm³/mol. The van der Waals surface area contributed by atoms with Crippen molar-refractivity contribution in [3.8, 4) is 0 Å². The van der Waals surface area contributed by atoms with E-state index < -0.39 is 11.4 Å². The Balaban J connectivity index is 1.51. The summed E-state index contributed by atoms with van der Waals surface area (Å²) in [6.45, 7) is 9.15. The number of hydrogen-bond acceptors (Lipinski definition) is 4. The molecule has 3 amide bonds. The fourth-order valence-corrected chi connectivity index (χ4v) is 4.67. The van der Waals surface area contributed by atoms with Gasteiger partial charge in [0.25, 0.3) is 11.8 Å². The first-order valence-electron chi connectivity index (χ1n) is 12.8. The molecule has 4 rings (SSSR count). The minimum Gasteiger partial charge on any atom is -0.350 e. The van der Waals surface area contributed by atoms with E-state index >= 15 is 0 Å². The number of benzene rings is 2. The lowest BCUT2D eigenvalue weighted by atomic mass is 9.93. The van der Waals surface area contributed by atoms with Gasteiger partial charge in [-0.05, 0) is 43.4 Å². The van der Waals surface area contributed by atoms with Crippen LogP contribution in [0.5, 0.6) is 0 Å². The molecule has 1 atom stereocenters. The second kappa shape index (κ2) is 11.0. The first-order chi connectivity index (χ1) is 17.8. The van der Waals surface area contributed by atoms with Crippen LogP contribution in [-0.4, -0.2) is 44.3 Å². The summed E-state index contributed by atoms with van der Waals surface area (Å²) in [4.78, 5) is 46.0. The molecule has 0 saturated carbocycles. The monoisotopic (exact) mass is 501 g/mol. The number of aryl methyl sites for hydroxylation is 2. The molecular weight excluding hydrogens is 466 g/mol. The molecule has 0 radical (unpaired) electrons. The van der Waals surface area contributed by atoms with Crippen molar-refractivity contribution in [3.05, 3.63) is 88.5 Å². The lowest BCUT2D eigenvalue weighted by Crippen LogP contribution is -2.64. The molecule has 0 fully saturated rings. The number of imidazole rings is 1. The quantitative estimate of drug-likeness (QED) is 0.468. The Kier molecular flexibility index (Phi) is 7.76. The van der Waals surface area contributed by atoms with E-state index in [2.05, 4.69) is 22.5 Å². The lowest BCUT2D eigenvalue weighted by Gasteiger charge is -2.43. The molecule has 194 valence electrons. The summed E-state index contributed by atoms with van der Waals surface area (Å²) in [6.07, 6.45) is 3.11. The van der Waals surface area contributed by atoms with Gasteiger partial charge in [0.15, 0.2) is 5.69 Å². The van der Waals surface area contributed by atoms with Crippen LogP contribution in [0.4, 0.5) is 0 Å². The molecule has 0 saturated heterocycles. The van der Waals surface area contributed by atoms with E-state index in [1.807, 2.05) is 62.4 Å². The fraction of sp³-hybridized carbons (Fsp3) is 0.379. The lowest BCUT2D eigenvalue weighted by molar-refractivity contribution is -0.133. The Morgan fingerprint density at radius 2 is 1.54 bits per heavy atom. The third-order valence-electron chi connectivity index (χ3n) is 6.97. The molecule has 1 aromatic heterocycles. The Hall–Kier alpha value is -3.94. The van der Waals surface area contributed by atoms with Gasteiger partial charge in [-0.2, -0.15) is 0 Å². The maximum atomic E-state index is 13.7. The fourth-order valence-electron chi connectivity index (χ4n) is 4.67. The molecule has 8 nitrogen and oxygen atoms in total. The second-order valence-electron chi connectivity index (χ2n) is 9.82. The Labute approximate surface area is 218 Å². The highest BCUT2D eigenvalue weighted by Crippen LogP contribution is 2.29. The van der Waals surface area contributed by atoms with Crippen LogP contribution >= 0.6 is 0 Å². The molecule has 1 aliphatic heterocycles. The molecule has 37 heavy (non-hydrogen) atoms. The summed E-state index contributed by atoms with van der Waals surface area (Å²) in [7, 11) is 0. The van der Waals surface area contributed by atoms with Gasteiger partial charge in [0.2, 0.25) is 5.91 Å². The summed E-state index contributed by atoms with van der Waals surface area (Å²) < 4.78 is 1.63. The Morgan fingerprint density at radius 3 is 2.16 bits per heavy atom. The number of nitrogens with zero attached hydrogens (tertiary/aromatic N) is 3. The van der Waals surface area contributed by atoms with Crippen molar-refractivity contribution >= 4 is 17.7 Å². The Bertz CT molecular complexity index is 1280. The molecule has 2 heterocycles. The molecule has 0 bridgehead atoms. The predicted octanol–water partition coefficient (Wildman–Crippen LogP) is 3.62. The minimum absolute atomic E-state index is 0.0818. The van der Waals surface area contributed by atoms with E-state index in [0.717, 1.165) is 23.1 Å². The molecule has 0 spiro atoms. The number of rotatable bonds is 9. The average molecular weight is 502 g/mol. The van der Waals surface area contributed by atoms with Crippen LogP contribution in [-0.2, 0) is 30.8 Å². The zero-order valence-electron chi connectivity index (χ0n) is 22.0. The normalized spacial score (nSPS) is 16.9. The molecular formula is C29H35N5O3. The van der Waals surface area contributed by atoms with Crippen molar-refractivity contribution in [1.82, 2.24) is 25.1 Å². The topological polar surface area (TPSA) is 96.3 Å². The number of hydrogen-bond donors (Lipinski definition) is 2. The average Bonchev–Trinajstić information content (AvgIpc) is 3.33. The second-order valence-corrected chi connectivity index (χ2v) is 9.82. The van der Waals surface area contributed by atoms with Gasteiger partial charge >= 0.3 is 0 Å². The summed E-state index contributed by atoms with van der Waals surface area (Å²) in [5, 5.41) is 5.88. The highest BCUT2D eigenvalue weighted by molar-refractivity contribution is 6.07. The number of carbonyl (C=O) groups excluding carboxylic acids is 3. The van der Waals surface area contributed by atoms with Gasteiger partial charge in [0.1, 0.15) is 11.2 Å². The van der Waals surface area contributed by atoms with Gasteiger partial charge in [-0.1, -0.05) is 67.9 Å². The van der Waals surface area contributed by atoms with Gasteiger partial charge in [0, 0.05) is 19.6 Å². The van der Waals surface area contributed by atoms with Crippen LogP contribution in [0.2, 0.25) is 0 Å². The highest BCUT2D eigenvalue weighted by atomic mass is 16.2. The molecule has 0 unspecified atom stereocenters. The minimum atomic E-state index is -1.11. The molecule has 2 aromatic carbocycles. The molecule has 1 aliphatic rings. The molecule has 2 N–H and O–H groups in total. The van der Waals surface area contributed by atoms with Crippen molar-refractivity contribution < 1.29 is 14.4 Å². The number of amides is 3. The first-order valence-corrected chi connectivity index (χ1v) is 12.8. The maximum absolute atomic E-state index is 13.7. The number of nitrogens with one attached hydrogen (secondary N) is 2. The smallest absolute Gasteiger partial charge is 0.273 e. The van der Waals surface area contributed by atoms with Crippen molar-refractivity contribution in [2.24, 2.45) is 0 Å². The van der Waals surface area contributed by atoms with E-state index in [-0.39, 0.29) is 29.7 Å². The number of carbonyl (C=O) groups is 3. The highest BCUT2D eigenvalue weighted by Gasteiger charge is 2.48. The zero-order chi connectivity index (χ0) is 26.6. The van der Waals surface area contributed by atoms with Crippen LogP contribution in [0.3, 0.4) is 0 Å². The van der Waals surface area contributed by atoms with Gasteiger partial charge in [-0.25, -0.2) is 4.98 Å². The SMILES string of the molecule is CCCN1C(=O)c2c(C(=O)NCc3ccc(CC)cc3)ncn2C[C@]1(C)C(=O)NCc1ccc(C)cc1. The molecule has 8 heteroatoms. The van der Waals surface area contributed by atoms with Crippen molar-refractivity contribution in [2.45, 2.75) is 65.7 Å². The maximum Gasteiger partial charge on any atom is 0.273 e. The molecule has 3 aromatic rings. The summed E-state index contributed by atoms with van der Waals surface area (Å²) in [6, 6.07) is 16.0. The van der Waals surface area contributed by atoms with Crippen LogP contribution in [0.1, 0.15) is 70.4 Å². The van der Waals surface area contributed by atoms with E-state index in [0.29, 0.717) is 26.1 Å². The van der Waals surface area contributed by atoms with Gasteiger partial charge < -0.3 is 20.1 Å². The summed E-state index contributed by atoms with van der Waals surface area (Å²) >= 11 is 0. The van der Waals surface area contributed by atoms with Crippen LogP contribution in [0.15, 0.2) is 54.9 Å². The largest absolute Gasteiger partial charge is 0.350 e. The third kappa shape index (κ3) is 5.43.